The van der Waals surface area contributed by atoms with Crippen molar-refractivity contribution in [3.63, 3.8) is 0 Å². The van der Waals surface area contributed by atoms with Crippen LogP contribution in [0.25, 0.3) is 0 Å². The Bertz CT molecular complexity index is 2310. The predicted molar refractivity (Wildman–Crippen MR) is 300 cm³/mol. The third-order valence-electron chi connectivity index (χ3n) is 20.8. The molecule has 14 saturated heterocycles. The molecule has 20 N–H and O–H groups in total. The number of nitrogens with one attached hydrogen (secondary N) is 1. The van der Waals surface area contributed by atoms with Crippen molar-refractivity contribution in [3.05, 3.63) is 0 Å². The predicted octanol–water partition coefficient (Wildman–Crippen LogP) is -10.5. The van der Waals surface area contributed by atoms with Crippen LogP contribution in [0.2, 0.25) is 0 Å². The maximum Gasteiger partial charge on any atom is 0.187 e. The van der Waals surface area contributed by atoms with Gasteiger partial charge in [-0.15, -0.1) is 0 Å². The number of rotatable bonds is 8. The van der Waals surface area contributed by atoms with Crippen molar-refractivity contribution in [2.45, 2.75) is 280 Å². The monoisotopic (exact) mass is 1350 g/mol. The van der Waals surface area contributed by atoms with Gasteiger partial charge < -0.3 is 174 Å². The van der Waals surface area contributed by atoms with Crippen LogP contribution in [0.15, 0.2) is 0 Å². The molecule has 35 nitrogen and oxygen atoms in total. The lowest BCUT2D eigenvalue weighted by atomic mass is 9.60. The highest BCUT2D eigenvalue weighted by Gasteiger charge is 2.60. The van der Waals surface area contributed by atoms with Gasteiger partial charge in [-0.05, 0) is 75.4 Å². The molecular formula is C58H98N2O33. The molecule has 23 unspecified atom stereocenters. The highest BCUT2D eigenvalue weighted by molar-refractivity contribution is 5.03. The number of ether oxygens (including phenoxy) is 14. The number of aliphatic hydroxyl groups is 19. The second kappa shape index (κ2) is 31.2. The summed E-state index contributed by atoms with van der Waals surface area (Å²) in [6.45, 7) is -2.08. The van der Waals surface area contributed by atoms with E-state index in [1.54, 1.807) is 0 Å². The average Bonchev–Trinajstić information content (AvgIpc) is 0.803. The largest absolute Gasteiger partial charge is 0.394 e. The van der Waals surface area contributed by atoms with Crippen molar-refractivity contribution in [1.29, 1.82) is 0 Å². The molecule has 0 spiro atoms. The smallest absolute Gasteiger partial charge is 0.187 e. The topological polar surface area (TPSA) is 529 Å². The van der Waals surface area contributed by atoms with Crippen LogP contribution in [-0.4, -0.2) is 383 Å². The Balaban J connectivity index is 0.969. The van der Waals surface area contributed by atoms with Gasteiger partial charge >= 0.3 is 0 Å². The molecule has 2 saturated carbocycles. The SMILES string of the molecule is CC1(CCN2CCCCNCC3O[C@@H]4O[C@H]5C(CO)O[C@H](O[C@@H]6C(CO)O[C@H](O[C@@H]7C(CO)O[C@H](O[C@@H]8C(C2)O[C@H](O[C@@H]2C(CO)O[C@H](O[C@@H]9C(CO)O[C@H](O[C@H]3C(O)C4O)C(O)C9O)C(O)C2O)C(O)C8O)C(O)C7O)C(O)C6O)C(O)C5O)CC2CCCC(C2)C1. The average molecular weight is 1350 g/mol. The van der Waals surface area contributed by atoms with Gasteiger partial charge in [-0.2, -0.15) is 0 Å². The Morgan fingerprint density at radius 2 is 0.656 bits per heavy atom. The minimum absolute atomic E-state index is 0.0906. The summed E-state index contributed by atoms with van der Waals surface area (Å²) in [6.07, 6.45) is -59.2. The van der Waals surface area contributed by atoms with Crippen LogP contribution in [0, 0.1) is 17.3 Å². The number of nitrogens with zero attached hydrogens (tertiary/aromatic N) is 1. The highest BCUT2D eigenvalue weighted by Crippen LogP contribution is 2.51. The zero-order chi connectivity index (χ0) is 66.5. The second-order valence-electron chi connectivity index (χ2n) is 27.4. The van der Waals surface area contributed by atoms with Crippen LogP contribution in [0.4, 0.5) is 0 Å². The molecule has 14 aliphatic heterocycles. The van der Waals surface area contributed by atoms with Gasteiger partial charge in [0.15, 0.2) is 44.0 Å². The van der Waals surface area contributed by atoms with Gasteiger partial charge in [-0.3, -0.25) is 0 Å². The number of hydrogen-bond acceptors (Lipinski definition) is 35. The molecular weight excluding hydrogens is 1250 g/mol. The maximum atomic E-state index is 12.3. The lowest BCUT2D eigenvalue weighted by molar-refractivity contribution is -0.396. The molecule has 16 bridgehead atoms. The Labute approximate surface area is 534 Å². The van der Waals surface area contributed by atoms with Crippen molar-refractivity contribution >= 4 is 0 Å². The van der Waals surface area contributed by atoms with E-state index < -0.39 is 248 Å². The van der Waals surface area contributed by atoms with Gasteiger partial charge in [-0.1, -0.05) is 26.2 Å². The summed E-state index contributed by atoms with van der Waals surface area (Å²) in [5.74, 6) is 1.10. The van der Waals surface area contributed by atoms with Gasteiger partial charge in [0.2, 0.25) is 0 Å². The van der Waals surface area contributed by atoms with Crippen LogP contribution in [0.1, 0.15) is 64.7 Å². The molecule has 0 aromatic heterocycles. The zero-order valence-corrected chi connectivity index (χ0v) is 51.5. The van der Waals surface area contributed by atoms with Crippen LogP contribution in [0.3, 0.4) is 0 Å². The van der Waals surface area contributed by atoms with Gasteiger partial charge in [0.05, 0.1) is 33.0 Å². The van der Waals surface area contributed by atoms with Crippen LogP contribution in [0.5, 0.6) is 0 Å². The standard InChI is InChI=1S/C58H98N2O33/c1-58(12-21-5-4-6-22(11-21)13-58)7-10-60-9-3-2-8-59-14-23-44-30(66)37(73)51(80-23)89-46-25(16-61)84-55(41(77)34(46)70)93-50-29(20-65)86-57(43(79)36(50)72)92-49-28(19-64)83-54(40(76)33(49)69)88-45-24(15-60)81-52(38(74)31(45)67)90-47-26(17-62)85-56(42(78)35(47)71)91-48-27(18-63)82-53(87-44)39(75)32(48)68/h21-57,59,61-79H,2-20H2,1H3/t21?,22?,23?,24?,25?,26?,27?,28?,29?,30?,31?,32?,33?,34?,35?,36?,37?,38?,39?,40?,41?,42?,43?,44-,45-,46+,47-,48-,49-,50-,51-,52-,53-,54-,55-,56-,57-,58?/m1/s1. The summed E-state index contributed by atoms with van der Waals surface area (Å²) < 4.78 is 84.9. The van der Waals surface area contributed by atoms with Crippen LogP contribution in [-0.2, 0) is 66.3 Å². The molecule has 0 aromatic rings. The number of aliphatic hydroxyl groups excluding tert-OH is 19. The van der Waals surface area contributed by atoms with Crippen molar-refractivity contribution in [2.75, 3.05) is 65.8 Å². The number of fused-ring (bicyclic) bond motifs is 7. The van der Waals surface area contributed by atoms with E-state index in [9.17, 15) is 97.0 Å². The van der Waals surface area contributed by atoms with Gasteiger partial charge in [0.1, 0.15) is 171 Å². The van der Waals surface area contributed by atoms with Gasteiger partial charge in [0.25, 0.3) is 0 Å². The molecule has 93 heavy (non-hydrogen) atoms. The van der Waals surface area contributed by atoms with E-state index in [0.717, 1.165) is 38.5 Å². The summed E-state index contributed by atoms with van der Waals surface area (Å²) in [4.78, 5) is 2.05. The Morgan fingerprint density at radius 1 is 0.355 bits per heavy atom. The minimum atomic E-state index is -2.17. The highest BCUT2D eigenvalue weighted by atomic mass is 16.8. The van der Waals surface area contributed by atoms with Crippen molar-refractivity contribution < 1.29 is 163 Å². The van der Waals surface area contributed by atoms with E-state index in [0.29, 0.717) is 44.2 Å². The zero-order valence-electron chi connectivity index (χ0n) is 51.5. The van der Waals surface area contributed by atoms with E-state index in [2.05, 4.69) is 12.2 Å². The molecule has 0 amide bonds. The fraction of sp³-hybridized carbons (Fsp3) is 1.00. The lowest BCUT2D eigenvalue weighted by Crippen LogP contribution is -2.68. The van der Waals surface area contributed by atoms with Gasteiger partial charge in [0, 0.05) is 13.1 Å². The first kappa shape index (κ1) is 72.8. The van der Waals surface area contributed by atoms with Crippen LogP contribution < -0.4 is 5.32 Å². The Kier molecular flexibility index (Phi) is 24.5. The fourth-order valence-corrected chi connectivity index (χ4v) is 15.7. The maximum absolute atomic E-state index is 12.3. The second-order valence-corrected chi connectivity index (χ2v) is 27.4. The molecule has 2 aliphatic carbocycles. The Hall–Kier alpha value is -1.40. The normalized spacial score (nSPS) is 54.1. The van der Waals surface area contributed by atoms with E-state index in [-0.39, 0.29) is 25.0 Å². The van der Waals surface area contributed by atoms with Crippen molar-refractivity contribution in [2.24, 2.45) is 17.3 Å². The Morgan fingerprint density at radius 3 is 1.00 bits per heavy atom. The van der Waals surface area contributed by atoms with Gasteiger partial charge in [-0.25, -0.2) is 0 Å². The van der Waals surface area contributed by atoms with Crippen LogP contribution >= 0.6 is 0 Å². The molecule has 538 valence electrons. The summed E-state index contributed by atoms with van der Waals surface area (Å²) in [6, 6.07) is 0. The molecule has 16 rings (SSSR count). The molecule has 16 fully saturated rings. The van der Waals surface area contributed by atoms with Crippen molar-refractivity contribution in [1.82, 2.24) is 10.2 Å². The molecule has 35 heteroatoms. The third kappa shape index (κ3) is 15.3. The summed E-state index contributed by atoms with van der Waals surface area (Å²) in [7, 11) is 0. The molecule has 0 radical (unpaired) electrons. The first-order valence-corrected chi connectivity index (χ1v) is 32.7. The molecule has 37 atom stereocenters. The summed E-state index contributed by atoms with van der Waals surface area (Å²) in [5, 5.41) is 222. The first-order chi connectivity index (χ1) is 44.5. The molecule has 14 heterocycles. The molecule has 0 aromatic carbocycles. The van der Waals surface area contributed by atoms with E-state index >= 15 is 0 Å². The van der Waals surface area contributed by atoms with E-state index in [1.807, 2.05) is 4.90 Å². The quantitative estimate of drug-likeness (QED) is 0.107. The number of hydrogen-bond donors (Lipinski definition) is 20. The summed E-state index contributed by atoms with van der Waals surface area (Å²) in [5.41, 5.74) is -0.0906. The third-order valence-corrected chi connectivity index (χ3v) is 20.8. The van der Waals surface area contributed by atoms with E-state index in [1.165, 1.54) is 0 Å². The van der Waals surface area contributed by atoms with Crippen molar-refractivity contribution in [3.8, 4) is 0 Å². The van der Waals surface area contributed by atoms with E-state index in [4.69, 9.17) is 66.3 Å². The lowest BCUT2D eigenvalue weighted by Gasteiger charge is -2.50. The first-order valence-electron chi connectivity index (χ1n) is 32.7. The molecule has 16 aliphatic rings. The summed E-state index contributed by atoms with van der Waals surface area (Å²) >= 11 is 0. The fourth-order valence-electron chi connectivity index (χ4n) is 15.7. The minimum Gasteiger partial charge on any atom is -0.394 e.